The molecule has 5 heteroatoms. The smallest absolute Gasteiger partial charge is 0.224 e. The molecule has 2 heterocycles. The lowest BCUT2D eigenvalue weighted by Gasteiger charge is -2.31. The number of anilines is 1. The van der Waals surface area contributed by atoms with Gasteiger partial charge in [-0.15, -0.1) is 0 Å². The number of aryl methyl sites for hydroxylation is 2. The van der Waals surface area contributed by atoms with Crippen LogP contribution in [-0.4, -0.2) is 40.2 Å². The van der Waals surface area contributed by atoms with Crippen LogP contribution in [0.4, 0.5) is 5.69 Å². The molecule has 0 saturated carbocycles. The van der Waals surface area contributed by atoms with Crippen LogP contribution in [0.25, 0.3) is 0 Å². The number of benzene rings is 1. The molecule has 1 saturated heterocycles. The summed E-state index contributed by atoms with van der Waals surface area (Å²) in [5.41, 5.74) is 3.09. The third kappa shape index (κ3) is 5.16. The summed E-state index contributed by atoms with van der Waals surface area (Å²) >= 11 is 0. The van der Waals surface area contributed by atoms with Crippen LogP contribution in [0.1, 0.15) is 30.5 Å². The molecule has 0 radical (unpaired) electrons. The number of hydrogen-bond donors (Lipinski definition) is 1. The summed E-state index contributed by atoms with van der Waals surface area (Å²) < 4.78 is 1.73. The molecule has 3 rings (SSSR count). The van der Waals surface area contributed by atoms with Crippen molar-refractivity contribution >= 4 is 11.6 Å². The summed E-state index contributed by atoms with van der Waals surface area (Å²) in [6, 6.07) is 10.6. The number of nitrogens with zero attached hydrogens (tertiary/aromatic N) is 3. The standard InChI is InChI=1S/C20H28N4O/c1-16-19(15-23(2)22-16)21-20(25)14-18-9-12-24(13-10-18)11-8-17-6-4-3-5-7-17/h3-7,15,18H,8-14H2,1-2H3,(H,21,25). The first-order valence-electron chi connectivity index (χ1n) is 9.16. The van der Waals surface area contributed by atoms with Crippen molar-refractivity contribution in [3.05, 3.63) is 47.8 Å². The highest BCUT2D eigenvalue weighted by atomic mass is 16.1. The Bertz CT molecular complexity index is 687. The van der Waals surface area contributed by atoms with E-state index in [0.29, 0.717) is 12.3 Å². The number of aromatic nitrogens is 2. The molecule has 1 aromatic carbocycles. The van der Waals surface area contributed by atoms with Gasteiger partial charge in [0.2, 0.25) is 5.91 Å². The van der Waals surface area contributed by atoms with Crippen molar-refractivity contribution in [2.45, 2.75) is 32.6 Å². The quantitative estimate of drug-likeness (QED) is 0.879. The Morgan fingerprint density at radius 1 is 1.24 bits per heavy atom. The fourth-order valence-corrected chi connectivity index (χ4v) is 3.53. The molecular weight excluding hydrogens is 312 g/mol. The van der Waals surface area contributed by atoms with E-state index < -0.39 is 0 Å². The Kier molecular flexibility index (Phi) is 5.87. The summed E-state index contributed by atoms with van der Waals surface area (Å²) in [6.07, 6.45) is 5.79. The molecule has 1 amide bonds. The van der Waals surface area contributed by atoms with Crippen LogP contribution in [-0.2, 0) is 18.3 Å². The Morgan fingerprint density at radius 2 is 1.96 bits per heavy atom. The van der Waals surface area contributed by atoms with Crippen molar-refractivity contribution in [3.63, 3.8) is 0 Å². The minimum absolute atomic E-state index is 0.110. The van der Waals surface area contributed by atoms with Gasteiger partial charge in [0.05, 0.1) is 11.4 Å². The van der Waals surface area contributed by atoms with Crippen molar-refractivity contribution in [1.29, 1.82) is 0 Å². The van der Waals surface area contributed by atoms with Crippen LogP contribution < -0.4 is 5.32 Å². The van der Waals surface area contributed by atoms with Crippen molar-refractivity contribution in [2.75, 3.05) is 25.0 Å². The van der Waals surface area contributed by atoms with E-state index in [1.807, 2.05) is 20.2 Å². The molecule has 1 aliphatic heterocycles. The van der Waals surface area contributed by atoms with Gasteiger partial charge in [-0.05, 0) is 50.8 Å². The molecule has 2 aromatic rings. The van der Waals surface area contributed by atoms with Crippen molar-refractivity contribution in [3.8, 4) is 0 Å². The number of likely N-dealkylation sites (tertiary alicyclic amines) is 1. The van der Waals surface area contributed by atoms with Gasteiger partial charge < -0.3 is 10.2 Å². The van der Waals surface area contributed by atoms with Gasteiger partial charge in [-0.2, -0.15) is 5.10 Å². The van der Waals surface area contributed by atoms with Crippen LogP contribution in [0.2, 0.25) is 0 Å². The second-order valence-corrected chi connectivity index (χ2v) is 7.07. The highest BCUT2D eigenvalue weighted by Gasteiger charge is 2.21. The molecule has 1 fully saturated rings. The molecular formula is C20H28N4O. The SMILES string of the molecule is Cc1nn(C)cc1NC(=O)CC1CCN(CCc2ccccc2)CC1. The molecule has 1 aliphatic rings. The fourth-order valence-electron chi connectivity index (χ4n) is 3.53. The minimum Gasteiger partial charge on any atom is -0.323 e. The van der Waals surface area contributed by atoms with Gasteiger partial charge in [0, 0.05) is 26.2 Å². The van der Waals surface area contributed by atoms with Crippen molar-refractivity contribution in [1.82, 2.24) is 14.7 Å². The zero-order valence-corrected chi connectivity index (χ0v) is 15.2. The maximum atomic E-state index is 12.3. The van der Waals surface area contributed by atoms with E-state index in [9.17, 15) is 4.79 Å². The van der Waals surface area contributed by atoms with Crippen molar-refractivity contribution in [2.24, 2.45) is 13.0 Å². The van der Waals surface area contributed by atoms with Gasteiger partial charge in [-0.25, -0.2) is 0 Å². The van der Waals surface area contributed by atoms with Crippen LogP contribution >= 0.6 is 0 Å². The van der Waals surface area contributed by atoms with Crippen LogP contribution in [0.15, 0.2) is 36.5 Å². The third-order valence-electron chi connectivity index (χ3n) is 5.03. The van der Waals surface area contributed by atoms with Crippen LogP contribution in [0.3, 0.4) is 0 Å². The second kappa shape index (κ2) is 8.30. The Morgan fingerprint density at radius 3 is 2.60 bits per heavy atom. The number of carbonyl (C=O) groups is 1. The summed E-state index contributed by atoms with van der Waals surface area (Å²) in [7, 11) is 1.87. The molecule has 1 N–H and O–H groups in total. The summed E-state index contributed by atoms with van der Waals surface area (Å²) in [6.45, 7) is 5.21. The predicted octanol–water partition coefficient (Wildman–Crippen LogP) is 3.01. The molecule has 25 heavy (non-hydrogen) atoms. The number of carbonyl (C=O) groups excluding carboxylic acids is 1. The van der Waals surface area contributed by atoms with Gasteiger partial charge in [0.15, 0.2) is 0 Å². The van der Waals surface area contributed by atoms with Gasteiger partial charge in [0.25, 0.3) is 0 Å². The monoisotopic (exact) mass is 340 g/mol. The zero-order chi connectivity index (χ0) is 17.6. The van der Waals surface area contributed by atoms with Gasteiger partial charge in [0.1, 0.15) is 0 Å². The molecule has 134 valence electrons. The van der Waals surface area contributed by atoms with E-state index in [2.05, 4.69) is 45.6 Å². The first-order valence-corrected chi connectivity index (χ1v) is 9.16. The lowest BCUT2D eigenvalue weighted by atomic mass is 9.93. The van der Waals surface area contributed by atoms with E-state index in [1.165, 1.54) is 5.56 Å². The first kappa shape index (κ1) is 17.7. The van der Waals surface area contributed by atoms with E-state index in [1.54, 1.807) is 4.68 Å². The summed E-state index contributed by atoms with van der Waals surface area (Å²) in [5, 5.41) is 7.26. The first-order chi connectivity index (χ1) is 12.1. The second-order valence-electron chi connectivity index (χ2n) is 7.07. The Hall–Kier alpha value is -2.14. The Labute approximate surface area is 150 Å². The molecule has 1 aromatic heterocycles. The Balaban J connectivity index is 1.38. The highest BCUT2D eigenvalue weighted by Crippen LogP contribution is 2.22. The maximum Gasteiger partial charge on any atom is 0.224 e. The molecule has 0 atom stereocenters. The maximum absolute atomic E-state index is 12.3. The summed E-state index contributed by atoms with van der Waals surface area (Å²) in [4.78, 5) is 14.8. The molecule has 0 unspecified atom stereocenters. The average molecular weight is 340 g/mol. The lowest BCUT2D eigenvalue weighted by Crippen LogP contribution is -2.36. The van der Waals surface area contributed by atoms with Crippen molar-refractivity contribution < 1.29 is 4.79 Å². The minimum atomic E-state index is 0.110. The van der Waals surface area contributed by atoms with E-state index in [-0.39, 0.29) is 5.91 Å². The number of hydrogen-bond acceptors (Lipinski definition) is 3. The van der Waals surface area contributed by atoms with Gasteiger partial charge >= 0.3 is 0 Å². The largest absolute Gasteiger partial charge is 0.323 e. The third-order valence-corrected chi connectivity index (χ3v) is 5.03. The molecule has 0 bridgehead atoms. The molecule has 0 spiro atoms. The normalized spacial score (nSPS) is 16.1. The van der Waals surface area contributed by atoms with Gasteiger partial charge in [-0.1, -0.05) is 30.3 Å². The van der Waals surface area contributed by atoms with E-state index in [0.717, 1.165) is 50.3 Å². The number of rotatable bonds is 6. The molecule has 5 nitrogen and oxygen atoms in total. The van der Waals surface area contributed by atoms with Gasteiger partial charge in [-0.3, -0.25) is 9.48 Å². The number of nitrogens with one attached hydrogen (secondary N) is 1. The molecule has 0 aliphatic carbocycles. The predicted molar refractivity (Wildman–Crippen MR) is 101 cm³/mol. The topological polar surface area (TPSA) is 50.2 Å². The lowest BCUT2D eigenvalue weighted by molar-refractivity contribution is -0.117. The summed E-state index contributed by atoms with van der Waals surface area (Å²) in [5.74, 6) is 0.601. The zero-order valence-electron chi connectivity index (χ0n) is 15.2. The number of amides is 1. The van der Waals surface area contributed by atoms with Crippen LogP contribution in [0.5, 0.6) is 0 Å². The fraction of sp³-hybridized carbons (Fsp3) is 0.500. The number of piperidine rings is 1. The van der Waals surface area contributed by atoms with E-state index >= 15 is 0 Å². The average Bonchev–Trinajstić information content (AvgIpc) is 2.92. The van der Waals surface area contributed by atoms with E-state index in [4.69, 9.17) is 0 Å². The highest BCUT2D eigenvalue weighted by molar-refractivity contribution is 5.91. The van der Waals surface area contributed by atoms with Crippen LogP contribution in [0, 0.1) is 12.8 Å².